The molecule has 0 aliphatic rings. The molecule has 2 nitrogen and oxygen atoms in total. The Hall–Kier alpha value is -0.550. The summed E-state index contributed by atoms with van der Waals surface area (Å²) < 4.78 is 0. The number of hydrogen-bond acceptors (Lipinski definition) is 2. The van der Waals surface area contributed by atoms with Gasteiger partial charge in [0.05, 0.1) is 12.5 Å². The van der Waals surface area contributed by atoms with Crippen molar-refractivity contribution in [3.8, 4) is 6.07 Å². The van der Waals surface area contributed by atoms with Crippen LogP contribution in [-0.4, -0.2) is 23.5 Å². The quantitative estimate of drug-likeness (QED) is 0.630. The van der Waals surface area contributed by atoms with Crippen molar-refractivity contribution in [2.45, 2.75) is 52.6 Å². The van der Waals surface area contributed by atoms with E-state index in [0.29, 0.717) is 18.5 Å². The van der Waals surface area contributed by atoms with Crippen LogP contribution in [0.1, 0.15) is 40.5 Å². The van der Waals surface area contributed by atoms with Gasteiger partial charge in [0.2, 0.25) is 0 Å². The topological polar surface area (TPSA) is 27.0 Å². The summed E-state index contributed by atoms with van der Waals surface area (Å²) in [6, 6.07) is 3.21. The van der Waals surface area contributed by atoms with Gasteiger partial charge in [-0.05, 0) is 26.8 Å². The van der Waals surface area contributed by atoms with Gasteiger partial charge in [-0.25, -0.2) is 0 Å². The monoisotopic (exact) mass is 168 g/mol. The third kappa shape index (κ3) is 3.23. The molecular formula is C10H20N2. The largest absolute Gasteiger partial charge is 0.297 e. The molecule has 0 N–H and O–H groups in total. The Morgan fingerprint density at radius 1 is 1.25 bits per heavy atom. The maximum atomic E-state index is 8.56. The van der Waals surface area contributed by atoms with Crippen molar-refractivity contribution < 1.29 is 0 Å². The van der Waals surface area contributed by atoms with Gasteiger partial charge >= 0.3 is 0 Å². The standard InChI is InChI=1S/C10H20N2/c1-5-9(3)12(6-2)10(4)7-8-11/h9-10H,5-7H2,1-4H3. The van der Waals surface area contributed by atoms with Crippen LogP contribution in [0, 0.1) is 11.3 Å². The molecule has 0 saturated heterocycles. The molecule has 12 heavy (non-hydrogen) atoms. The molecule has 0 saturated carbocycles. The molecule has 0 aromatic carbocycles. The number of rotatable bonds is 5. The molecule has 0 aliphatic heterocycles. The van der Waals surface area contributed by atoms with Crippen molar-refractivity contribution in [2.24, 2.45) is 0 Å². The molecule has 0 spiro atoms. The molecule has 0 aromatic heterocycles. The summed E-state index contributed by atoms with van der Waals surface area (Å²) in [6.45, 7) is 9.72. The first-order valence-electron chi connectivity index (χ1n) is 4.80. The highest BCUT2D eigenvalue weighted by Gasteiger charge is 2.16. The van der Waals surface area contributed by atoms with E-state index in [0.717, 1.165) is 13.0 Å². The smallest absolute Gasteiger partial charge is 0.0638 e. The van der Waals surface area contributed by atoms with Crippen LogP contribution < -0.4 is 0 Å². The molecule has 0 aromatic rings. The summed E-state index contributed by atoms with van der Waals surface area (Å²) in [5, 5.41) is 8.56. The minimum atomic E-state index is 0.398. The Morgan fingerprint density at radius 2 is 1.83 bits per heavy atom. The second-order valence-electron chi connectivity index (χ2n) is 3.30. The summed E-state index contributed by atoms with van der Waals surface area (Å²) in [6.07, 6.45) is 1.79. The Kier molecular flexibility index (Phi) is 5.74. The summed E-state index contributed by atoms with van der Waals surface area (Å²) in [4.78, 5) is 2.38. The number of hydrogen-bond donors (Lipinski definition) is 0. The minimum absolute atomic E-state index is 0.398. The number of nitrogens with zero attached hydrogens (tertiary/aromatic N) is 2. The third-order valence-electron chi connectivity index (χ3n) is 2.47. The lowest BCUT2D eigenvalue weighted by Gasteiger charge is -2.31. The fraction of sp³-hybridized carbons (Fsp3) is 0.900. The average molecular weight is 168 g/mol. The molecule has 0 radical (unpaired) electrons. The van der Waals surface area contributed by atoms with Crippen LogP contribution in [0.4, 0.5) is 0 Å². The molecule has 0 fully saturated rings. The van der Waals surface area contributed by atoms with Crippen molar-refractivity contribution in [1.29, 1.82) is 5.26 Å². The van der Waals surface area contributed by atoms with Crippen LogP contribution >= 0.6 is 0 Å². The summed E-state index contributed by atoms with van der Waals surface area (Å²) in [5.74, 6) is 0. The van der Waals surface area contributed by atoms with Gasteiger partial charge in [0.25, 0.3) is 0 Å². The lowest BCUT2D eigenvalue weighted by atomic mass is 10.1. The molecular weight excluding hydrogens is 148 g/mol. The van der Waals surface area contributed by atoms with E-state index in [9.17, 15) is 0 Å². The molecule has 0 amide bonds. The Labute approximate surface area is 76.2 Å². The van der Waals surface area contributed by atoms with E-state index >= 15 is 0 Å². The van der Waals surface area contributed by atoms with Gasteiger partial charge in [0.1, 0.15) is 0 Å². The highest BCUT2D eigenvalue weighted by atomic mass is 15.2. The van der Waals surface area contributed by atoms with Crippen molar-refractivity contribution in [3.05, 3.63) is 0 Å². The second kappa shape index (κ2) is 6.02. The van der Waals surface area contributed by atoms with Gasteiger partial charge < -0.3 is 0 Å². The Bertz CT molecular complexity index is 148. The van der Waals surface area contributed by atoms with Gasteiger partial charge in [0, 0.05) is 12.1 Å². The fourth-order valence-corrected chi connectivity index (χ4v) is 1.54. The SMILES string of the molecule is CCC(C)N(CC)C(C)CC#N. The first-order valence-corrected chi connectivity index (χ1v) is 4.80. The van der Waals surface area contributed by atoms with E-state index in [1.165, 1.54) is 0 Å². The first-order chi connectivity index (χ1) is 5.67. The van der Waals surface area contributed by atoms with Crippen LogP contribution in [0.5, 0.6) is 0 Å². The van der Waals surface area contributed by atoms with E-state index in [2.05, 4.69) is 38.7 Å². The summed E-state index contributed by atoms with van der Waals surface area (Å²) in [5.41, 5.74) is 0. The maximum absolute atomic E-state index is 8.56. The van der Waals surface area contributed by atoms with Crippen LogP contribution in [-0.2, 0) is 0 Å². The summed E-state index contributed by atoms with van der Waals surface area (Å²) in [7, 11) is 0. The van der Waals surface area contributed by atoms with Gasteiger partial charge in [0.15, 0.2) is 0 Å². The maximum Gasteiger partial charge on any atom is 0.0638 e. The predicted octanol–water partition coefficient (Wildman–Crippen LogP) is 2.41. The molecule has 70 valence electrons. The van der Waals surface area contributed by atoms with Gasteiger partial charge in [-0.3, -0.25) is 4.90 Å². The lowest BCUT2D eigenvalue weighted by Crippen LogP contribution is -2.39. The normalized spacial score (nSPS) is 15.7. The van der Waals surface area contributed by atoms with Crippen LogP contribution in [0.25, 0.3) is 0 Å². The average Bonchev–Trinajstić information content (AvgIpc) is 2.06. The van der Waals surface area contributed by atoms with E-state index in [4.69, 9.17) is 5.26 Å². The zero-order valence-electron chi connectivity index (χ0n) is 8.67. The van der Waals surface area contributed by atoms with Crippen LogP contribution in [0.3, 0.4) is 0 Å². The molecule has 2 heteroatoms. The number of nitriles is 1. The molecule has 2 unspecified atom stereocenters. The van der Waals surface area contributed by atoms with Crippen LogP contribution in [0.15, 0.2) is 0 Å². The Balaban J connectivity index is 4.05. The van der Waals surface area contributed by atoms with E-state index in [1.54, 1.807) is 0 Å². The van der Waals surface area contributed by atoms with Crippen molar-refractivity contribution >= 4 is 0 Å². The van der Waals surface area contributed by atoms with Gasteiger partial charge in [-0.1, -0.05) is 13.8 Å². The van der Waals surface area contributed by atoms with Crippen LogP contribution in [0.2, 0.25) is 0 Å². The summed E-state index contributed by atoms with van der Waals surface area (Å²) >= 11 is 0. The molecule has 0 aliphatic carbocycles. The Morgan fingerprint density at radius 3 is 2.17 bits per heavy atom. The predicted molar refractivity (Wildman–Crippen MR) is 51.8 cm³/mol. The third-order valence-corrected chi connectivity index (χ3v) is 2.47. The van der Waals surface area contributed by atoms with E-state index in [-0.39, 0.29) is 0 Å². The zero-order chi connectivity index (χ0) is 9.56. The highest BCUT2D eigenvalue weighted by Crippen LogP contribution is 2.10. The zero-order valence-corrected chi connectivity index (χ0v) is 8.67. The minimum Gasteiger partial charge on any atom is -0.297 e. The van der Waals surface area contributed by atoms with E-state index in [1.807, 2.05) is 0 Å². The second-order valence-corrected chi connectivity index (χ2v) is 3.30. The first kappa shape index (κ1) is 11.4. The van der Waals surface area contributed by atoms with Gasteiger partial charge in [-0.2, -0.15) is 5.26 Å². The van der Waals surface area contributed by atoms with Crippen molar-refractivity contribution in [2.75, 3.05) is 6.54 Å². The van der Waals surface area contributed by atoms with E-state index < -0.39 is 0 Å². The van der Waals surface area contributed by atoms with Gasteiger partial charge in [-0.15, -0.1) is 0 Å². The van der Waals surface area contributed by atoms with Crippen molar-refractivity contribution in [3.63, 3.8) is 0 Å². The lowest BCUT2D eigenvalue weighted by molar-refractivity contribution is 0.160. The van der Waals surface area contributed by atoms with Crippen molar-refractivity contribution in [1.82, 2.24) is 4.90 Å². The molecule has 2 atom stereocenters. The fourth-order valence-electron chi connectivity index (χ4n) is 1.54. The molecule has 0 rings (SSSR count). The molecule has 0 heterocycles. The highest BCUT2D eigenvalue weighted by molar-refractivity contribution is 4.81. The molecule has 0 bridgehead atoms.